The summed E-state index contributed by atoms with van der Waals surface area (Å²) in [4.78, 5) is 77.2. The molecule has 0 saturated carbocycles. The fraction of sp³-hybridized carbons (Fsp3) is 0.459. The van der Waals surface area contributed by atoms with Crippen molar-refractivity contribution in [3.05, 3.63) is 175 Å². The summed E-state index contributed by atoms with van der Waals surface area (Å²) < 4.78 is 48.1. The van der Waals surface area contributed by atoms with E-state index in [1.807, 2.05) is 65.3 Å². The van der Waals surface area contributed by atoms with Gasteiger partial charge in [0.15, 0.2) is 11.9 Å². The topological polar surface area (TPSA) is 282 Å². The minimum absolute atomic E-state index is 0.0760. The van der Waals surface area contributed by atoms with Gasteiger partial charge in [-0.3, -0.25) is 24.1 Å². The van der Waals surface area contributed by atoms with Crippen molar-refractivity contribution < 1.29 is 71.8 Å². The molecular weight excluding hydrogens is 1400 g/mol. The van der Waals surface area contributed by atoms with Crippen molar-refractivity contribution >= 4 is 91.1 Å². The number of furan rings is 1. The lowest BCUT2D eigenvalue weighted by Gasteiger charge is -2.36. The smallest absolute Gasteiger partial charge is 0.332 e. The van der Waals surface area contributed by atoms with Crippen molar-refractivity contribution in [1.29, 1.82) is 0 Å². The number of unbranched alkanes of at least 4 members (excludes halogenated alkanes) is 6. The zero-order valence-electron chi connectivity index (χ0n) is 64.3. The predicted octanol–water partition coefficient (Wildman–Crippen LogP) is 12.2. The first-order chi connectivity index (χ1) is 53.3. The number of anilines is 4. The lowest BCUT2D eigenvalue weighted by molar-refractivity contribution is -0.224. The highest BCUT2D eigenvalue weighted by Crippen LogP contribution is 2.44. The van der Waals surface area contributed by atoms with E-state index in [9.17, 15) is 34.2 Å². The van der Waals surface area contributed by atoms with E-state index in [1.165, 1.54) is 17.7 Å². The number of likely N-dealkylation sites (N-methyl/N-ethyl adjacent to an activating group) is 1. The molecule has 0 aliphatic carbocycles. The van der Waals surface area contributed by atoms with Crippen molar-refractivity contribution in [1.82, 2.24) is 29.8 Å². The average Bonchev–Trinajstić information content (AvgIpc) is 1.56. The van der Waals surface area contributed by atoms with Crippen LogP contribution in [0.5, 0.6) is 5.75 Å². The number of imide groups is 1. The number of carbonyl (C=O) groups excluding carboxylic acids is 4. The highest BCUT2D eigenvalue weighted by Gasteiger charge is 2.40. The average molecular weight is 1510 g/mol. The molecule has 110 heavy (non-hydrogen) atoms. The number of aryl methyl sites for hydroxylation is 2. The number of benzene rings is 4. The first kappa shape index (κ1) is 82.6. The van der Waals surface area contributed by atoms with Gasteiger partial charge in [0.1, 0.15) is 28.8 Å². The number of hydrogen-bond donors (Lipinski definition) is 6. The Morgan fingerprint density at radius 3 is 2.14 bits per heavy atom. The number of aliphatic hydroxyl groups excluding tert-OH is 1. The Hall–Kier alpha value is -9.86. The number of nitrogens with one attached hydrogen (secondary N) is 4. The fourth-order valence-corrected chi connectivity index (χ4v) is 13.7. The molecule has 0 spiro atoms. The van der Waals surface area contributed by atoms with Crippen LogP contribution in [0.1, 0.15) is 119 Å². The number of pyridine rings is 1. The number of fused-ring (bicyclic) bond motifs is 5. The van der Waals surface area contributed by atoms with Crippen LogP contribution < -0.4 is 35.8 Å². The van der Waals surface area contributed by atoms with Crippen molar-refractivity contribution in [3.63, 3.8) is 0 Å². The Kier molecular flexibility index (Phi) is 31.4. The van der Waals surface area contributed by atoms with Crippen LogP contribution in [0, 0.1) is 12.8 Å². The van der Waals surface area contributed by atoms with Gasteiger partial charge in [-0.15, -0.1) is 0 Å². The van der Waals surface area contributed by atoms with Crippen LogP contribution in [0.3, 0.4) is 0 Å². The van der Waals surface area contributed by atoms with E-state index in [-0.39, 0.29) is 61.7 Å². The van der Waals surface area contributed by atoms with Crippen molar-refractivity contribution in [2.75, 3.05) is 140 Å². The summed E-state index contributed by atoms with van der Waals surface area (Å²) in [5, 5.41) is 37.3. The zero-order chi connectivity index (χ0) is 77.9. The standard InChI is InChI=1S/C85H110N10O15/c1-58-21-20-23-67-71(54-72-68(82(58)67)34-39-94(72)63(6)70-57-93-56-66(27-29-77(93)90-70)89-62(5)75-53-65-22-12-13-24-73(65)108-75)92(37-35-78(96)86-36-14-9-15-44-106-49-50-107-46-19-11-17-43-104-42-16-10-18-45-105-48-47-103-8)41-40-91(7)79(97)30-26-64-25-28-74(109-85-83(100)59(2)51-76(110-85)84(101)102)69(52-64)88-61(4)55-87-60(3)33-38-95-80(98)31-32-81(95)99/h12-13,20-25,27-29,31-32,52-54,56-57,59,76,83,85,87-89,100H,3-6,9-11,14-19,26,30,33-51,55H2,1-2,7-8H3,(H,86,96)(H,101,102)/t59?,76?,83-,85?/m1/s1. The second-order valence-electron chi connectivity index (χ2n) is 28.4. The number of rotatable bonds is 50. The Balaban J connectivity index is 0.770. The summed E-state index contributed by atoms with van der Waals surface area (Å²) in [5.41, 5.74) is 10.8. The van der Waals surface area contributed by atoms with E-state index < -0.39 is 30.4 Å². The number of methoxy groups -OCH3 is 1. The molecule has 0 bridgehead atoms. The van der Waals surface area contributed by atoms with Gasteiger partial charge in [-0.1, -0.05) is 75.7 Å². The van der Waals surface area contributed by atoms with Crippen LogP contribution in [0.4, 0.5) is 22.7 Å². The lowest BCUT2D eigenvalue weighted by atomic mass is 9.94. The van der Waals surface area contributed by atoms with Crippen LogP contribution in [-0.4, -0.2) is 197 Å². The first-order valence-corrected chi connectivity index (χ1v) is 38.6. The van der Waals surface area contributed by atoms with Gasteiger partial charge in [0.25, 0.3) is 11.8 Å². The number of carbonyl (C=O) groups is 5. The van der Waals surface area contributed by atoms with Crippen molar-refractivity contribution in [3.8, 4) is 5.75 Å². The van der Waals surface area contributed by atoms with Gasteiger partial charge in [-0.2, -0.15) is 0 Å². The molecule has 590 valence electrons. The minimum Gasteiger partial charge on any atom is -0.479 e. The number of carboxylic acid groups (broad SMARTS) is 1. The maximum Gasteiger partial charge on any atom is 0.332 e. The number of carboxylic acids is 1. The molecule has 7 aromatic rings. The van der Waals surface area contributed by atoms with E-state index in [4.69, 9.17) is 42.6 Å². The third-order valence-electron chi connectivity index (χ3n) is 20.1. The van der Waals surface area contributed by atoms with E-state index in [0.29, 0.717) is 119 Å². The zero-order valence-corrected chi connectivity index (χ0v) is 64.3. The molecule has 1 saturated heterocycles. The largest absolute Gasteiger partial charge is 0.479 e. The Morgan fingerprint density at radius 1 is 0.727 bits per heavy atom. The Bertz CT molecular complexity index is 4310. The molecule has 25 nitrogen and oxygen atoms in total. The molecule has 6 N–H and O–H groups in total. The van der Waals surface area contributed by atoms with Crippen LogP contribution in [0.2, 0.25) is 0 Å². The van der Waals surface area contributed by atoms with E-state index >= 15 is 0 Å². The van der Waals surface area contributed by atoms with Crippen LogP contribution in [-0.2, 0) is 65.2 Å². The van der Waals surface area contributed by atoms with Crippen molar-refractivity contribution in [2.24, 2.45) is 5.92 Å². The number of hydrogen-bond acceptors (Lipinski definition) is 20. The molecule has 3 unspecified atom stereocenters. The van der Waals surface area contributed by atoms with Crippen LogP contribution in [0.15, 0.2) is 152 Å². The number of amides is 4. The van der Waals surface area contributed by atoms with Gasteiger partial charge in [-0.05, 0) is 154 Å². The molecular formula is C85H110N10O15. The van der Waals surface area contributed by atoms with Crippen molar-refractivity contribution in [2.45, 2.75) is 129 Å². The SMILES string of the molecule is C=C(CCN1C(=O)C=CC1=O)NCC(=C)Nc1cc(CCC(=O)N(C)CCN(CCC(=O)NCCCCCOCCOCCCCCOCCCCCOCCOC)c2cc3c(c4c(C)cccc24)CCN3C(=C)c2cn3cc(NC(=C)c4cc5ccccc5o4)ccc3n2)ccc1OC1OC(C(=O)O)CC(C)[C@H]1O. The van der Waals surface area contributed by atoms with Gasteiger partial charge in [-0.25, -0.2) is 9.78 Å². The molecule has 6 heterocycles. The molecule has 4 amide bonds. The minimum atomic E-state index is -1.31. The normalized spacial score (nSPS) is 16.1. The second-order valence-corrected chi connectivity index (χ2v) is 28.4. The molecule has 3 aliphatic heterocycles. The second kappa shape index (κ2) is 41.8. The molecule has 4 atom stereocenters. The number of aliphatic hydroxyl groups is 1. The Morgan fingerprint density at radius 2 is 1.43 bits per heavy atom. The number of imidazole rings is 1. The third kappa shape index (κ3) is 23.6. The summed E-state index contributed by atoms with van der Waals surface area (Å²) in [5.74, 6) is -1.70. The van der Waals surface area contributed by atoms with Gasteiger partial charge in [0, 0.05) is 164 Å². The van der Waals surface area contributed by atoms with E-state index in [1.54, 1.807) is 38.1 Å². The van der Waals surface area contributed by atoms with Crippen LogP contribution in [0.25, 0.3) is 38.8 Å². The quantitative estimate of drug-likeness (QED) is 0.0153. The highest BCUT2D eigenvalue weighted by atomic mass is 16.7. The molecule has 3 aromatic heterocycles. The maximum absolute atomic E-state index is 14.4. The van der Waals surface area contributed by atoms with Gasteiger partial charge >= 0.3 is 5.97 Å². The molecule has 25 heteroatoms. The molecule has 1 fully saturated rings. The summed E-state index contributed by atoms with van der Waals surface area (Å²) >= 11 is 0. The molecule has 0 radical (unpaired) electrons. The van der Waals surface area contributed by atoms with Gasteiger partial charge < -0.3 is 88.2 Å². The third-order valence-corrected chi connectivity index (χ3v) is 20.1. The van der Waals surface area contributed by atoms with E-state index in [0.717, 1.165) is 150 Å². The maximum atomic E-state index is 14.4. The summed E-state index contributed by atoms with van der Waals surface area (Å²) in [6.07, 6.45) is 13.4. The summed E-state index contributed by atoms with van der Waals surface area (Å²) in [6, 6.07) is 27.6. The number of nitrogens with zero attached hydrogens (tertiary/aromatic N) is 6. The first-order valence-electron chi connectivity index (χ1n) is 38.6. The molecule has 3 aliphatic rings. The predicted molar refractivity (Wildman–Crippen MR) is 429 cm³/mol. The van der Waals surface area contributed by atoms with E-state index in [2.05, 4.69) is 88.6 Å². The summed E-state index contributed by atoms with van der Waals surface area (Å²) in [7, 11) is 3.47. The number of aromatic nitrogens is 2. The molecule has 4 aromatic carbocycles. The monoisotopic (exact) mass is 1510 g/mol. The number of para-hydroxylation sites is 1. The van der Waals surface area contributed by atoms with Crippen LogP contribution >= 0.6 is 0 Å². The molecule has 10 rings (SSSR count). The van der Waals surface area contributed by atoms with Gasteiger partial charge in [0.2, 0.25) is 18.1 Å². The highest BCUT2D eigenvalue weighted by molar-refractivity contribution is 6.13. The number of ether oxygens (including phenoxy) is 7. The lowest BCUT2D eigenvalue weighted by Crippen LogP contribution is -2.49. The van der Waals surface area contributed by atoms with Gasteiger partial charge in [0.05, 0.1) is 55.7 Å². The number of aliphatic carboxylic acids is 1. The fourth-order valence-electron chi connectivity index (χ4n) is 13.7. The Labute approximate surface area is 645 Å². The summed E-state index contributed by atoms with van der Waals surface area (Å²) in [6.45, 7) is 29.7.